The number of nitrogens with two attached hydrogens (primary N) is 1. The van der Waals surface area contributed by atoms with E-state index in [-0.39, 0.29) is 5.82 Å². The quantitative estimate of drug-likeness (QED) is 0.716. The predicted molar refractivity (Wildman–Crippen MR) is 60.3 cm³/mol. The summed E-state index contributed by atoms with van der Waals surface area (Å²) in [5, 5.41) is 0.734. The highest BCUT2D eigenvalue weighted by Crippen LogP contribution is 2.29. The van der Waals surface area contributed by atoms with E-state index < -0.39 is 0 Å². The van der Waals surface area contributed by atoms with Crippen LogP contribution in [0.3, 0.4) is 0 Å². The van der Waals surface area contributed by atoms with Crippen molar-refractivity contribution in [1.82, 2.24) is 4.98 Å². The Kier molecular flexibility index (Phi) is 2.11. The molecule has 2 aromatic rings. The van der Waals surface area contributed by atoms with Crippen molar-refractivity contribution in [2.45, 2.75) is 20.8 Å². The van der Waals surface area contributed by atoms with Gasteiger partial charge >= 0.3 is 0 Å². The van der Waals surface area contributed by atoms with Gasteiger partial charge < -0.3 is 5.73 Å². The van der Waals surface area contributed by atoms with E-state index in [0.29, 0.717) is 11.2 Å². The maximum atomic E-state index is 13.5. The van der Waals surface area contributed by atoms with E-state index in [1.54, 1.807) is 6.07 Å². The first-order valence-corrected chi connectivity index (χ1v) is 4.84. The van der Waals surface area contributed by atoms with E-state index in [1.165, 1.54) is 6.07 Å². The Hall–Kier alpha value is -1.64. The second kappa shape index (κ2) is 3.19. The van der Waals surface area contributed by atoms with Crippen LogP contribution in [0.4, 0.5) is 10.1 Å². The minimum absolute atomic E-state index is 0.314. The standard InChI is InChI=1S/C12H13FN2/c1-6-4-5-9(13)12-10(6)11(14)7(2)8(3)15-12/h4-5H,1-3H3,(H2,14,15). The largest absolute Gasteiger partial charge is 0.398 e. The van der Waals surface area contributed by atoms with Crippen LogP contribution < -0.4 is 5.73 Å². The molecule has 0 aliphatic carbocycles. The van der Waals surface area contributed by atoms with Gasteiger partial charge in [-0.3, -0.25) is 0 Å². The van der Waals surface area contributed by atoms with E-state index in [9.17, 15) is 4.39 Å². The normalized spacial score (nSPS) is 10.9. The average molecular weight is 204 g/mol. The Balaban J connectivity index is 3.04. The Morgan fingerprint density at radius 3 is 2.53 bits per heavy atom. The van der Waals surface area contributed by atoms with E-state index >= 15 is 0 Å². The van der Waals surface area contributed by atoms with Crippen LogP contribution in [0, 0.1) is 26.6 Å². The van der Waals surface area contributed by atoms with Crippen LogP contribution >= 0.6 is 0 Å². The fourth-order valence-corrected chi connectivity index (χ4v) is 1.75. The molecule has 78 valence electrons. The monoisotopic (exact) mass is 204 g/mol. The predicted octanol–water partition coefficient (Wildman–Crippen LogP) is 2.88. The molecule has 0 radical (unpaired) electrons. The van der Waals surface area contributed by atoms with Crippen molar-refractivity contribution in [1.29, 1.82) is 0 Å². The van der Waals surface area contributed by atoms with Crippen LogP contribution in [-0.4, -0.2) is 4.98 Å². The van der Waals surface area contributed by atoms with E-state index in [0.717, 1.165) is 22.2 Å². The number of hydrogen-bond acceptors (Lipinski definition) is 2. The number of benzene rings is 1. The van der Waals surface area contributed by atoms with Crippen LogP contribution in [-0.2, 0) is 0 Å². The molecule has 0 aliphatic heterocycles. The van der Waals surface area contributed by atoms with Crippen molar-refractivity contribution in [3.05, 3.63) is 34.8 Å². The van der Waals surface area contributed by atoms with Gasteiger partial charge in [0.2, 0.25) is 0 Å². The zero-order valence-electron chi connectivity index (χ0n) is 9.06. The molecule has 0 fully saturated rings. The van der Waals surface area contributed by atoms with Crippen LogP contribution in [0.5, 0.6) is 0 Å². The summed E-state index contributed by atoms with van der Waals surface area (Å²) in [6.07, 6.45) is 0. The second-order valence-electron chi connectivity index (χ2n) is 3.82. The Bertz CT molecular complexity index is 547. The van der Waals surface area contributed by atoms with Crippen molar-refractivity contribution in [2.24, 2.45) is 0 Å². The van der Waals surface area contributed by atoms with Gasteiger partial charge in [-0.1, -0.05) is 6.07 Å². The maximum absolute atomic E-state index is 13.5. The number of nitrogens with zero attached hydrogens (tertiary/aromatic N) is 1. The lowest BCUT2D eigenvalue weighted by Gasteiger charge is -2.10. The molecular weight excluding hydrogens is 191 g/mol. The van der Waals surface area contributed by atoms with Crippen LogP contribution in [0.2, 0.25) is 0 Å². The molecule has 15 heavy (non-hydrogen) atoms. The minimum atomic E-state index is -0.314. The number of fused-ring (bicyclic) bond motifs is 1. The zero-order chi connectivity index (χ0) is 11.2. The lowest BCUT2D eigenvalue weighted by Crippen LogP contribution is -2.00. The fraction of sp³-hybridized carbons (Fsp3) is 0.250. The number of aryl methyl sites for hydroxylation is 2. The molecule has 0 saturated carbocycles. The highest BCUT2D eigenvalue weighted by molar-refractivity contribution is 5.95. The van der Waals surface area contributed by atoms with Gasteiger partial charge in [0.15, 0.2) is 0 Å². The summed E-state index contributed by atoms with van der Waals surface area (Å²) in [7, 11) is 0. The van der Waals surface area contributed by atoms with E-state index in [1.807, 2.05) is 20.8 Å². The van der Waals surface area contributed by atoms with Crippen molar-refractivity contribution in [2.75, 3.05) is 5.73 Å². The average Bonchev–Trinajstić information content (AvgIpc) is 2.20. The van der Waals surface area contributed by atoms with Crippen molar-refractivity contribution in [3.8, 4) is 0 Å². The third-order valence-electron chi connectivity index (χ3n) is 2.83. The topological polar surface area (TPSA) is 38.9 Å². The van der Waals surface area contributed by atoms with Crippen molar-refractivity contribution >= 4 is 16.6 Å². The minimum Gasteiger partial charge on any atom is -0.398 e. The molecular formula is C12H13FN2. The smallest absolute Gasteiger partial charge is 0.149 e. The Labute approximate surface area is 87.9 Å². The number of hydrogen-bond donors (Lipinski definition) is 1. The number of nitrogen functional groups attached to an aromatic ring is 1. The third-order valence-corrected chi connectivity index (χ3v) is 2.83. The molecule has 0 aliphatic rings. The summed E-state index contributed by atoms with van der Waals surface area (Å²) >= 11 is 0. The molecule has 2 rings (SSSR count). The Morgan fingerprint density at radius 1 is 1.20 bits per heavy atom. The molecule has 1 heterocycles. The van der Waals surface area contributed by atoms with E-state index in [4.69, 9.17) is 5.73 Å². The summed E-state index contributed by atoms with van der Waals surface area (Å²) in [5.74, 6) is -0.314. The molecule has 2 N–H and O–H groups in total. The fourth-order valence-electron chi connectivity index (χ4n) is 1.75. The number of rotatable bonds is 0. The van der Waals surface area contributed by atoms with Crippen LogP contribution in [0.1, 0.15) is 16.8 Å². The van der Waals surface area contributed by atoms with Gasteiger partial charge in [0, 0.05) is 16.8 Å². The molecule has 0 saturated heterocycles. The highest BCUT2D eigenvalue weighted by atomic mass is 19.1. The highest BCUT2D eigenvalue weighted by Gasteiger charge is 2.11. The van der Waals surface area contributed by atoms with Gasteiger partial charge in [-0.25, -0.2) is 9.37 Å². The molecule has 1 aromatic heterocycles. The summed E-state index contributed by atoms with van der Waals surface area (Å²) < 4.78 is 13.5. The number of anilines is 1. The van der Waals surface area contributed by atoms with Gasteiger partial charge in [0.1, 0.15) is 11.3 Å². The molecule has 0 bridgehead atoms. The number of aromatic nitrogens is 1. The summed E-state index contributed by atoms with van der Waals surface area (Å²) in [6.45, 7) is 5.66. The van der Waals surface area contributed by atoms with Gasteiger partial charge in [0.05, 0.1) is 0 Å². The number of halogens is 1. The maximum Gasteiger partial charge on any atom is 0.149 e. The van der Waals surface area contributed by atoms with Gasteiger partial charge in [0.25, 0.3) is 0 Å². The SMILES string of the molecule is Cc1nc2c(F)ccc(C)c2c(N)c1C. The van der Waals surface area contributed by atoms with Crippen LogP contribution in [0.15, 0.2) is 12.1 Å². The molecule has 0 spiro atoms. The number of pyridine rings is 1. The Morgan fingerprint density at radius 2 is 1.87 bits per heavy atom. The van der Waals surface area contributed by atoms with Crippen LogP contribution in [0.25, 0.3) is 10.9 Å². The summed E-state index contributed by atoms with van der Waals surface area (Å²) in [4.78, 5) is 4.24. The molecule has 0 amide bonds. The summed E-state index contributed by atoms with van der Waals surface area (Å²) in [6, 6.07) is 3.16. The van der Waals surface area contributed by atoms with Gasteiger partial charge in [-0.15, -0.1) is 0 Å². The molecule has 3 heteroatoms. The second-order valence-corrected chi connectivity index (χ2v) is 3.82. The molecule has 0 atom stereocenters. The van der Waals surface area contributed by atoms with Crippen molar-refractivity contribution in [3.63, 3.8) is 0 Å². The van der Waals surface area contributed by atoms with Gasteiger partial charge in [-0.2, -0.15) is 0 Å². The third kappa shape index (κ3) is 1.35. The van der Waals surface area contributed by atoms with Gasteiger partial charge in [-0.05, 0) is 38.0 Å². The first kappa shape index (κ1) is 9.90. The van der Waals surface area contributed by atoms with Crippen molar-refractivity contribution < 1.29 is 4.39 Å². The van der Waals surface area contributed by atoms with E-state index in [2.05, 4.69) is 4.98 Å². The first-order chi connectivity index (χ1) is 7.02. The summed E-state index contributed by atoms with van der Waals surface area (Å²) in [5.41, 5.74) is 9.65. The lowest BCUT2D eigenvalue weighted by atomic mass is 10.0. The zero-order valence-corrected chi connectivity index (χ0v) is 9.06. The molecule has 0 unspecified atom stereocenters. The first-order valence-electron chi connectivity index (χ1n) is 4.84. The molecule has 1 aromatic carbocycles. The molecule has 2 nitrogen and oxygen atoms in total. The lowest BCUT2D eigenvalue weighted by molar-refractivity contribution is 0.636.